The molecule has 0 aliphatic rings. The standard InChI is InChI=1S/C18H34O2.C3H9NO2/c1-2-3-4-5-6-7-8-9-10-11-12-13-14-15-16-17-18(19)20;1-2-3(4,5)6/h9-10H,2-8,11-17H2,1H3,(H,19,20);5-6H,2,4H2,1H3/b10-9-;. The molecular formula is C21H43NO4. The molecule has 0 heterocycles. The van der Waals surface area contributed by atoms with Crippen molar-refractivity contribution in [1.82, 2.24) is 0 Å². The molecular weight excluding hydrogens is 330 g/mol. The summed E-state index contributed by atoms with van der Waals surface area (Å²) in [6.07, 6.45) is 21.4. The minimum atomic E-state index is -1.96. The Balaban J connectivity index is 0. The van der Waals surface area contributed by atoms with Crippen LogP contribution in [0.25, 0.3) is 0 Å². The van der Waals surface area contributed by atoms with Crippen molar-refractivity contribution in [1.29, 1.82) is 0 Å². The first-order chi connectivity index (χ1) is 12.3. The monoisotopic (exact) mass is 373 g/mol. The van der Waals surface area contributed by atoms with E-state index in [1.165, 1.54) is 70.6 Å². The molecule has 0 fully saturated rings. The molecule has 0 aliphatic heterocycles. The van der Waals surface area contributed by atoms with Crippen molar-refractivity contribution in [3.8, 4) is 0 Å². The highest BCUT2D eigenvalue weighted by Crippen LogP contribution is 2.09. The SMILES string of the molecule is CCC(N)(O)O.CCCCCCCC/C=C\CCCCCCCC(=O)O. The highest BCUT2D eigenvalue weighted by atomic mass is 16.5. The molecule has 0 radical (unpaired) electrons. The van der Waals surface area contributed by atoms with Crippen LogP contribution in [0.3, 0.4) is 0 Å². The van der Waals surface area contributed by atoms with Crippen molar-refractivity contribution in [2.45, 2.75) is 116 Å². The molecule has 0 amide bonds. The Hall–Kier alpha value is -0.910. The molecule has 0 aromatic rings. The van der Waals surface area contributed by atoms with Crippen LogP contribution in [0.5, 0.6) is 0 Å². The molecule has 0 spiro atoms. The largest absolute Gasteiger partial charge is 0.481 e. The van der Waals surface area contributed by atoms with E-state index in [0.29, 0.717) is 6.42 Å². The van der Waals surface area contributed by atoms with Gasteiger partial charge in [0.1, 0.15) is 0 Å². The average molecular weight is 374 g/mol. The Morgan fingerprint density at radius 2 is 1.19 bits per heavy atom. The van der Waals surface area contributed by atoms with E-state index in [0.717, 1.165) is 12.8 Å². The number of carboxylic acids is 1. The molecule has 0 unspecified atom stereocenters. The summed E-state index contributed by atoms with van der Waals surface area (Å²) >= 11 is 0. The normalized spacial score (nSPS) is 11.4. The van der Waals surface area contributed by atoms with Crippen molar-refractivity contribution in [2.24, 2.45) is 5.73 Å². The summed E-state index contributed by atoms with van der Waals surface area (Å²) in [5.41, 5.74) is 4.65. The number of hydrogen-bond donors (Lipinski definition) is 4. The van der Waals surface area contributed by atoms with Gasteiger partial charge in [-0.1, -0.05) is 77.4 Å². The van der Waals surface area contributed by atoms with Gasteiger partial charge in [-0.25, -0.2) is 0 Å². The van der Waals surface area contributed by atoms with E-state index >= 15 is 0 Å². The zero-order valence-corrected chi connectivity index (χ0v) is 17.1. The Kier molecular flexibility index (Phi) is 21.4. The van der Waals surface area contributed by atoms with Crippen LogP contribution in [0.1, 0.15) is 110 Å². The molecule has 0 saturated heterocycles. The minimum absolute atomic E-state index is 0.160. The maximum absolute atomic E-state index is 10.3. The van der Waals surface area contributed by atoms with Crippen LogP contribution in [0.15, 0.2) is 12.2 Å². The van der Waals surface area contributed by atoms with Gasteiger partial charge in [-0.2, -0.15) is 0 Å². The Morgan fingerprint density at radius 3 is 1.58 bits per heavy atom. The number of carboxylic acid groups (broad SMARTS) is 1. The zero-order valence-electron chi connectivity index (χ0n) is 17.1. The van der Waals surface area contributed by atoms with Gasteiger partial charge < -0.3 is 15.3 Å². The molecule has 0 aromatic heterocycles. The van der Waals surface area contributed by atoms with Crippen molar-refractivity contribution >= 4 is 5.97 Å². The molecule has 0 saturated carbocycles. The summed E-state index contributed by atoms with van der Waals surface area (Å²) in [7, 11) is 0. The summed E-state index contributed by atoms with van der Waals surface area (Å²) < 4.78 is 0. The van der Waals surface area contributed by atoms with Gasteiger partial charge in [0, 0.05) is 12.8 Å². The third-order valence-corrected chi connectivity index (χ3v) is 4.17. The molecule has 0 atom stereocenters. The number of allylic oxidation sites excluding steroid dienone is 2. The Morgan fingerprint density at radius 1 is 0.808 bits per heavy atom. The van der Waals surface area contributed by atoms with Gasteiger partial charge in [0.05, 0.1) is 0 Å². The van der Waals surface area contributed by atoms with E-state index in [9.17, 15) is 4.79 Å². The predicted octanol–water partition coefficient (Wildman–Crippen LogP) is 5.10. The molecule has 0 aromatic carbocycles. The summed E-state index contributed by atoms with van der Waals surface area (Å²) in [6, 6.07) is 0. The number of rotatable bonds is 16. The van der Waals surface area contributed by atoms with Crippen LogP contribution >= 0.6 is 0 Å². The second kappa shape index (κ2) is 20.4. The van der Waals surface area contributed by atoms with Gasteiger partial charge in [0.2, 0.25) is 5.91 Å². The molecule has 5 heteroatoms. The quantitative estimate of drug-likeness (QED) is 0.171. The van der Waals surface area contributed by atoms with Crippen LogP contribution in [0.4, 0.5) is 0 Å². The van der Waals surface area contributed by atoms with Gasteiger partial charge in [-0.3, -0.25) is 10.5 Å². The number of unbranched alkanes of at least 4 members (excludes halogenated alkanes) is 11. The summed E-state index contributed by atoms with van der Waals surface area (Å²) in [5.74, 6) is -2.62. The third-order valence-electron chi connectivity index (χ3n) is 4.17. The fourth-order valence-electron chi connectivity index (χ4n) is 2.35. The predicted molar refractivity (Wildman–Crippen MR) is 109 cm³/mol. The van der Waals surface area contributed by atoms with Crippen molar-refractivity contribution in [3.63, 3.8) is 0 Å². The fraction of sp³-hybridized carbons (Fsp3) is 0.857. The number of nitrogens with two attached hydrogens (primary N) is 1. The van der Waals surface area contributed by atoms with E-state index in [1.807, 2.05) is 0 Å². The number of aliphatic carboxylic acids is 1. The first-order valence-electron chi connectivity index (χ1n) is 10.4. The highest BCUT2D eigenvalue weighted by molar-refractivity contribution is 5.66. The lowest BCUT2D eigenvalue weighted by Gasteiger charge is -2.10. The lowest BCUT2D eigenvalue weighted by atomic mass is 10.1. The maximum Gasteiger partial charge on any atom is 0.303 e. The first kappa shape index (κ1) is 27.3. The molecule has 156 valence electrons. The maximum atomic E-state index is 10.3. The number of hydrogen-bond acceptors (Lipinski definition) is 4. The summed E-state index contributed by atoms with van der Waals surface area (Å²) in [6.45, 7) is 3.84. The molecule has 5 nitrogen and oxygen atoms in total. The van der Waals surface area contributed by atoms with Gasteiger partial charge in [0.25, 0.3) is 0 Å². The Bertz CT molecular complexity index is 324. The molecule has 0 rings (SSSR count). The lowest BCUT2D eigenvalue weighted by Crippen LogP contribution is -2.37. The van der Waals surface area contributed by atoms with Gasteiger partial charge >= 0.3 is 5.97 Å². The lowest BCUT2D eigenvalue weighted by molar-refractivity contribution is -0.156. The first-order valence-corrected chi connectivity index (χ1v) is 10.4. The van der Waals surface area contributed by atoms with Crippen LogP contribution in [0, 0.1) is 0 Å². The van der Waals surface area contributed by atoms with E-state index in [4.69, 9.17) is 15.3 Å². The number of aliphatic hydroxyl groups is 2. The van der Waals surface area contributed by atoms with Crippen LogP contribution in [-0.2, 0) is 4.79 Å². The van der Waals surface area contributed by atoms with Gasteiger partial charge in [-0.15, -0.1) is 0 Å². The van der Waals surface area contributed by atoms with Crippen molar-refractivity contribution < 1.29 is 20.1 Å². The van der Waals surface area contributed by atoms with E-state index in [2.05, 4.69) is 24.8 Å². The van der Waals surface area contributed by atoms with Crippen LogP contribution < -0.4 is 5.73 Å². The topological polar surface area (TPSA) is 104 Å². The summed E-state index contributed by atoms with van der Waals surface area (Å²) in [5, 5.41) is 24.8. The smallest absolute Gasteiger partial charge is 0.303 e. The highest BCUT2D eigenvalue weighted by Gasteiger charge is 2.09. The van der Waals surface area contributed by atoms with E-state index in [-0.39, 0.29) is 6.42 Å². The molecule has 0 aliphatic carbocycles. The molecule has 26 heavy (non-hydrogen) atoms. The van der Waals surface area contributed by atoms with Gasteiger partial charge in [0.15, 0.2) is 0 Å². The second-order valence-corrected chi connectivity index (χ2v) is 6.96. The fourth-order valence-corrected chi connectivity index (χ4v) is 2.35. The van der Waals surface area contributed by atoms with E-state index < -0.39 is 11.9 Å². The van der Waals surface area contributed by atoms with Gasteiger partial charge in [-0.05, 0) is 32.1 Å². The second-order valence-electron chi connectivity index (χ2n) is 6.96. The Labute approximate surface area is 160 Å². The van der Waals surface area contributed by atoms with Crippen LogP contribution in [-0.4, -0.2) is 27.2 Å². The summed E-state index contributed by atoms with van der Waals surface area (Å²) in [4.78, 5) is 10.3. The van der Waals surface area contributed by atoms with Crippen molar-refractivity contribution in [2.75, 3.05) is 0 Å². The van der Waals surface area contributed by atoms with Crippen molar-refractivity contribution in [3.05, 3.63) is 12.2 Å². The third kappa shape index (κ3) is 30.9. The average Bonchev–Trinajstić information content (AvgIpc) is 2.58. The molecule has 5 N–H and O–H groups in total. The minimum Gasteiger partial charge on any atom is -0.481 e. The molecule has 0 bridgehead atoms. The van der Waals surface area contributed by atoms with Crippen LogP contribution in [0.2, 0.25) is 0 Å². The van der Waals surface area contributed by atoms with E-state index in [1.54, 1.807) is 6.92 Å². The number of carbonyl (C=O) groups is 1. The zero-order chi connectivity index (χ0) is 20.1.